The van der Waals surface area contributed by atoms with Gasteiger partial charge in [0.25, 0.3) is 0 Å². The van der Waals surface area contributed by atoms with Crippen molar-refractivity contribution in [2.75, 3.05) is 39.8 Å². The van der Waals surface area contributed by atoms with Gasteiger partial charge in [-0.1, -0.05) is 12.8 Å². The van der Waals surface area contributed by atoms with Crippen molar-refractivity contribution < 1.29 is 9.59 Å². The van der Waals surface area contributed by atoms with E-state index in [1.54, 1.807) is 0 Å². The van der Waals surface area contributed by atoms with E-state index in [9.17, 15) is 9.59 Å². The number of likely N-dealkylation sites (tertiary alicyclic amines) is 1. The number of hydrogen-bond acceptors (Lipinski definition) is 3. The first kappa shape index (κ1) is 16.7. The van der Waals surface area contributed by atoms with E-state index in [1.807, 2.05) is 4.90 Å². The molecule has 0 radical (unpaired) electrons. The van der Waals surface area contributed by atoms with Crippen molar-refractivity contribution in [2.24, 2.45) is 5.92 Å². The van der Waals surface area contributed by atoms with E-state index in [4.69, 9.17) is 0 Å². The van der Waals surface area contributed by atoms with Crippen LogP contribution in [-0.2, 0) is 9.59 Å². The molecule has 1 saturated carbocycles. The molecule has 130 valence electrons. The number of carbonyl (C=O) groups is 2. The minimum Gasteiger partial charge on any atom is -0.340 e. The third-order valence-electron chi connectivity index (χ3n) is 5.97. The predicted octanol–water partition coefficient (Wildman–Crippen LogP) is 1.72. The fourth-order valence-corrected chi connectivity index (χ4v) is 4.51. The van der Waals surface area contributed by atoms with Crippen molar-refractivity contribution in [3.8, 4) is 0 Å². The van der Waals surface area contributed by atoms with Gasteiger partial charge in [-0.15, -0.1) is 0 Å². The molecule has 5 heteroatoms. The van der Waals surface area contributed by atoms with Crippen molar-refractivity contribution in [1.29, 1.82) is 0 Å². The lowest BCUT2D eigenvalue weighted by Crippen LogP contribution is -2.50. The summed E-state index contributed by atoms with van der Waals surface area (Å²) in [7, 11) is 2.09. The molecule has 2 unspecified atom stereocenters. The highest BCUT2D eigenvalue weighted by Gasteiger charge is 2.35. The summed E-state index contributed by atoms with van der Waals surface area (Å²) >= 11 is 0. The van der Waals surface area contributed by atoms with Gasteiger partial charge in [0.05, 0.1) is 0 Å². The Morgan fingerprint density at radius 1 is 0.826 bits per heavy atom. The molecular weight excluding hydrogens is 290 g/mol. The first-order valence-corrected chi connectivity index (χ1v) is 9.41. The molecule has 0 bridgehead atoms. The van der Waals surface area contributed by atoms with Gasteiger partial charge < -0.3 is 14.7 Å². The molecule has 3 aliphatic rings. The van der Waals surface area contributed by atoms with E-state index in [1.165, 1.54) is 32.1 Å². The van der Waals surface area contributed by atoms with E-state index < -0.39 is 0 Å². The summed E-state index contributed by atoms with van der Waals surface area (Å²) in [5.74, 6) is 1.09. The first-order valence-electron chi connectivity index (χ1n) is 9.41. The number of nitrogens with zero attached hydrogens (tertiary/aromatic N) is 3. The van der Waals surface area contributed by atoms with Gasteiger partial charge in [-0.3, -0.25) is 9.59 Å². The molecule has 5 nitrogen and oxygen atoms in total. The van der Waals surface area contributed by atoms with Crippen LogP contribution in [0.1, 0.15) is 51.4 Å². The van der Waals surface area contributed by atoms with Crippen molar-refractivity contribution in [1.82, 2.24) is 14.7 Å². The molecule has 0 spiro atoms. The largest absolute Gasteiger partial charge is 0.340 e. The Kier molecular flexibility index (Phi) is 5.57. The molecule has 2 atom stereocenters. The zero-order chi connectivity index (χ0) is 16.2. The van der Waals surface area contributed by atoms with Gasteiger partial charge in [0.2, 0.25) is 11.8 Å². The van der Waals surface area contributed by atoms with Crippen LogP contribution < -0.4 is 0 Å². The second-order valence-corrected chi connectivity index (χ2v) is 7.53. The van der Waals surface area contributed by atoms with Gasteiger partial charge >= 0.3 is 0 Å². The van der Waals surface area contributed by atoms with Gasteiger partial charge in [-0.25, -0.2) is 0 Å². The standard InChI is InChI=1S/C18H31N3O2/c1-19-11-13-20(14-12-19)17(22)8-9-18(23)21-10-4-6-15-5-2-3-7-16(15)21/h15-16H,2-14H2,1H3. The third-order valence-corrected chi connectivity index (χ3v) is 5.97. The Morgan fingerprint density at radius 3 is 2.26 bits per heavy atom. The molecule has 0 N–H and O–H groups in total. The Labute approximate surface area is 140 Å². The lowest BCUT2D eigenvalue weighted by atomic mass is 9.78. The number of amides is 2. The lowest BCUT2D eigenvalue weighted by molar-refractivity contribution is -0.141. The maximum atomic E-state index is 12.6. The Hall–Kier alpha value is -1.10. The van der Waals surface area contributed by atoms with Crippen LogP contribution in [0.3, 0.4) is 0 Å². The van der Waals surface area contributed by atoms with Crippen molar-refractivity contribution in [2.45, 2.75) is 57.4 Å². The number of fused-ring (bicyclic) bond motifs is 1. The average Bonchev–Trinajstić information content (AvgIpc) is 2.59. The highest BCUT2D eigenvalue weighted by Crippen LogP contribution is 2.35. The maximum Gasteiger partial charge on any atom is 0.223 e. The number of hydrogen-bond donors (Lipinski definition) is 0. The second-order valence-electron chi connectivity index (χ2n) is 7.53. The van der Waals surface area contributed by atoms with Gasteiger partial charge in [0.15, 0.2) is 0 Å². The highest BCUT2D eigenvalue weighted by atomic mass is 16.2. The zero-order valence-electron chi connectivity index (χ0n) is 14.5. The van der Waals surface area contributed by atoms with Crippen LogP contribution in [0.5, 0.6) is 0 Å². The van der Waals surface area contributed by atoms with Crippen LogP contribution in [0.4, 0.5) is 0 Å². The second kappa shape index (κ2) is 7.65. The van der Waals surface area contributed by atoms with Crippen LogP contribution >= 0.6 is 0 Å². The molecule has 2 amide bonds. The molecule has 2 heterocycles. The fraction of sp³-hybridized carbons (Fsp3) is 0.889. The predicted molar refractivity (Wildman–Crippen MR) is 90.0 cm³/mol. The average molecular weight is 321 g/mol. The molecule has 0 aromatic carbocycles. The van der Waals surface area contributed by atoms with Crippen LogP contribution in [0, 0.1) is 5.92 Å². The third kappa shape index (κ3) is 4.06. The number of carbonyl (C=O) groups excluding carboxylic acids is 2. The molecule has 2 saturated heterocycles. The topological polar surface area (TPSA) is 43.9 Å². The summed E-state index contributed by atoms with van der Waals surface area (Å²) in [4.78, 5) is 31.2. The molecular formula is C18H31N3O2. The van der Waals surface area contributed by atoms with E-state index in [0.717, 1.165) is 45.1 Å². The van der Waals surface area contributed by atoms with Gasteiger partial charge in [-0.2, -0.15) is 0 Å². The molecule has 0 aromatic heterocycles. The Morgan fingerprint density at radius 2 is 1.48 bits per heavy atom. The lowest BCUT2D eigenvalue weighted by Gasteiger charge is -2.44. The zero-order valence-corrected chi connectivity index (χ0v) is 14.5. The van der Waals surface area contributed by atoms with Crippen LogP contribution in [0.15, 0.2) is 0 Å². The normalized spacial score (nSPS) is 29.3. The molecule has 3 rings (SSSR count). The molecule has 2 aliphatic heterocycles. The summed E-state index contributed by atoms with van der Waals surface area (Å²) < 4.78 is 0. The van der Waals surface area contributed by atoms with Crippen molar-refractivity contribution in [3.63, 3.8) is 0 Å². The molecule has 3 fully saturated rings. The van der Waals surface area contributed by atoms with Crippen LogP contribution in [-0.4, -0.2) is 72.3 Å². The van der Waals surface area contributed by atoms with Crippen molar-refractivity contribution >= 4 is 11.8 Å². The summed E-state index contributed by atoms with van der Waals surface area (Å²) in [5, 5.41) is 0. The van der Waals surface area contributed by atoms with E-state index in [-0.39, 0.29) is 11.8 Å². The van der Waals surface area contributed by atoms with Gasteiger partial charge in [-0.05, 0) is 38.6 Å². The number of likely N-dealkylation sites (N-methyl/N-ethyl adjacent to an activating group) is 1. The monoisotopic (exact) mass is 321 g/mol. The maximum absolute atomic E-state index is 12.6. The van der Waals surface area contributed by atoms with E-state index in [0.29, 0.717) is 18.9 Å². The Balaban J connectivity index is 1.47. The van der Waals surface area contributed by atoms with Crippen LogP contribution in [0.25, 0.3) is 0 Å². The van der Waals surface area contributed by atoms with Gasteiger partial charge in [0.1, 0.15) is 0 Å². The smallest absolute Gasteiger partial charge is 0.223 e. The summed E-state index contributed by atoms with van der Waals surface area (Å²) in [5.41, 5.74) is 0. The minimum absolute atomic E-state index is 0.156. The first-order chi connectivity index (χ1) is 11.1. The quantitative estimate of drug-likeness (QED) is 0.795. The molecule has 1 aliphatic carbocycles. The molecule has 0 aromatic rings. The summed E-state index contributed by atoms with van der Waals surface area (Å²) in [6.45, 7) is 4.39. The number of rotatable bonds is 3. The fourth-order valence-electron chi connectivity index (χ4n) is 4.51. The van der Waals surface area contributed by atoms with E-state index >= 15 is 0 Å². The van der Waals surface area contributed by atoms with Crippen molar-refractivity contribution in [3.05, 3.63) is 0 Å². The Bertz CT molecular complexity index is 430. The summed E-state index contributed by atoms with van der Waals surface area (Å²) in [6, 6.07) is 0.462. The molecule has 23 heavy (non-hydrogen) atoms. The van der Waals surface area contributed by atoms with E-state index in [2.05, 4.69) is 16.8 Å². The number of piperidine rings is 1. The SMILES string of the molecule is CN1CCN(C(=O)CCC(=O)N2CCCC3CCCCC32)CC1. The van der Waals surface area contributed by atoms with Gasteiger partial charge in [0, 0.05) is 51.6 Å². The minimum atomic E-state index is 0.156. The highest BCUT2D eigenvalue weighted by molar-refractivity contribution is 5.84. The summed E-state index contributed by atoms with van der Waals surface area (Å²) in [6.07, 6.45) is 8.24. The number of piperazine rings is 1. The van der Waals surface area contributed by atoms with Crippen LogP contribution in [0.2, 0.25) is 0 Å².